The van der Waals surface area contributed by atoms with E-state index in [1.54, 1.807) is 0 Å². The van der Waals surface area contributed by atoms with Gasteiger partial charge in [-0.3, -0.25) is 0 Å². The summed E-state index contributed by atoms with van der Waals surface area (Å²) in [4.78, 5) is 0. The van der Waals surface area contributed by atoms with E-state index >= 15 is 0 Å². The number of hydrogen-bond acceptors (Lipinski definition) is 4. The Hall–Kier alpha value is -0.170. The van der Waals surface area contributed by atoms with E-state index in [1.807, 2.05) is 0 Å². The lowest BCUT2D eigenvalue weighted by Crippen LogP contribution is -2.43. The van der Waals surface area contributed by atoms with E-state index in [4.69, 9.17) is 0 Å². The molecule has 0 bridgehead atoms. The first-order valence-corrected chi connectivity index (χ1v) is 8.25. The van der Waals surface area contributed by atoms with E-state index in [0.717, 1.165) is 45.3 Å². The van der Waals surface area contributed by atoms with Gasteiger partial charge in [-0.25, -0.2) is 13.1 Å². The van der Waals surface area contributed by atoms with Gasteiger partial charge >= 0.3 is 0 Å². The summed E-state index contributed by atoms with van der Waals surface area (Å²) in [5.41, 5.74) is 0. The third-order valence-electron chi connectivity index (χ3n) is 3.58. The highest BCUT2D eigenvalue weighted by Crippen LogP contribution is 2.10. The highest BCUT2D eigenvalue weighted by atomic mass is 32.2. The second-order valence-electron chi connectivity index (χ2n) is 5.04. The summed E-state index contributed by atoms with van der Waals surface area (Å²) in [5.74, 6) is 0.259. The van der Waals surface area contributed by atoms with Crippen LogP contribution in [0.2, 0.25) is 0 Å². The Kier molecular flexibility index (Phi) is 4.78. The first kappa shape index (κ1) is 13.3. The number of piperidine rings is 1. The molecule has 2 heterocycles. The molecule has 0 saturated carbocycles. The van der Waals surface area contributed by atoms with E-state index in [2.05, 4.69) is 15.4 Å². The summed E-state index contributed by atoms with van der Waals surface area (Å²) in [6.07, 6.45) is 4.83. The van der Waals surface area contributed by atoms with Gasteiger partial charge in [0.05, 0.1) is 5.75 Å². The Morgan fingerprint density at radius 3 is 2.53 bits per heavy atom. The van der Waals surface area contributed by atoms with Gasteiger partial charge in [0.2, 0.25) is 10.0 Å². The van der Waals surface area contributed by atoms with Crippen LogP contribution in [0.4, 0.5) is 0 Å². The summed E-state index contributed by atoms with van der Waals surface area (Å²) in [5, 5.41) is 6.56. The highest BCUT2D eigenvalue weighted by Gasteiger charge is 2.22. The normalized spacial score (nSPS) is 27.4. The fraction of sp³-hybridized carbons (Fsp3) is 1.00. The van der Waals surface area contributed by atoms with Crippen molar-refractivity contribution in [1.82, 2.24) is 15.4 Å². The average molecular weight is 261 g/mol. The average Bonchev–Trinajstić information content (AvgIpc) is 2.80. The van der Waals surface area contributed by atoms with Gasteiger partial charge in [0.1, 0.15) is 0 Å². The number of sulfonamides is 1. The molecule has 5 nitrogen and oxygen atoms in total. The third kappa shape index (κ3) is 4.54. The molecule has 0 aromatic carbocycles. The minimum absolute atomic E-state index is 0.137. The first-order valence-electron chi connectivity index (χ1n) is 6.60. The van der Waals surface area contributed by atoms with Crippen molar-refractivity contribution < 1.29 is 8.42 Å². The quantitative estimate of drug-likeness (QED) is 0.641. The summed E-state index contributed by atoms with van der Waals surface area (Å²) in [6, 6.07) is 0.539. The Balaban J connectivity index is 1.73. The molecule has 17 heavy (non-hydrogen) atoms. The molecule has 3 N–H and O–H groups in total. The molecule has 0 amide bonds. The highest BCUT2D eigenvalue weighted by molar-refractivity contribution is 7.89. The molecule has 100 valence electrons. The van der Waals surface area contributed by atoms with Gasteiger partial charge in [-0.2, -0.15) is 0 Å². The van der Waals surface area contributed by atoms with Crippen molar-refractivity contribution in [2.75, 3.05) is 25.4 Å². The zero-order valence-electron chi connectivity index (χ0n) is 10.2. The molecule has 6 heteroatoms. The predicted octanol–water partition coefficient (Wildman–Crippen LogP) is -0.200. The van der Waals surface area contributed by atoms with E-state index < -0.39 is 10.0 Å². The van der Waals surface area contributed by atoms with E-state index in [-0.39, 0.29) is 11.8 Å². The van der Waals surface area contributed by atoms with Crippen LogP contribution >= 0.6 is 0 Å². The van der Waals surface area contributed by atoms with Crippen LogP contribution in [-0.4, -0.2) is 45.9 Å². The minimum atomic E-state index is -3.09. The second-order valence-corrected chi connectivity index (χ2v) is 6.92. The van der Waals surface area contributed by atoms with Gasteiger partial charge in [0, 0.05) is 12.1 Å². The maximum absolute atomic E-state index is 11.9. The molecular formula is C11H23N3O2S. The first-order chi connectivity index (χ1) is 8.16. The maximum Gasteiger partial charge on any atom is 0.211 e. The summed E-state index contributed by atoms with van der Waals surface area (Å²) in [6.45, 7) is 2.86. The van der Waals surface area contributed by atoms with Crippen molar-refractivity contribution in [3.8, 4) is 0 Å². The minimum Gasteiger partial charge on any atom is -0.317 e. The molecular weight excluding hydrogens is 238 g/mol. The lowest BCUT2D eigenvalue weighted by Gasteiger charge is -2.23. The molecule has 0 spiro atoms. The smallest absolute Gasteiger partial charge is 0.211 e. The third-order valence-corrected chi connectivity index (χ3v) is 5.05. The molecule has 1 unspecified atom stereocenters. The van der Waals surface area contributed by atoms with Crippen molar-refractivity contribution in [2.45, 2.75) is 44.2 Å². The Labute approximate surface area is 104 Å². The zero-order chi connectivity index (χ0) is 12.1. The summed E-state index contributed by atoms with van der Waals surface area (Å²) < 4.78 is 26.6. The van der Waals surface area contributed by atoms with Gasteiger partial charge in [-0.1, -0.05) is 0 Å². The number of nitrogens with one attached hydrogen (secondary N) is 3. The summed E-state index contributed by atoms with van der Waals surface area (Å²) in [7, 11) is -3.09. The molecule has 0 radical (unpaired) electrons. The van der Waals surface area contributed by atoms with Crippen molar-refractivity contribution in [2.24, 2.45) is 0 Å². The van der Waals surface area contributed by atoms with Gasteiger partial charge in [0.25, 0.3) is 0 Å². The SMILES string of the molecule is O=S(=O)(CCC1CCCN1)NC1CCNCC1. The fourth-order valence-electron chi connectivity index (χ4n) is 2.55. The molecule has 0 aliphatic carbocycles. The van der Waals surface area contributed by atoms with E-state index in [1.165, 1.54) is 6.42 Å². The van der Waals surface area contributed by atoms with Gasteiger partial charge < -0.3 is 10.6 Å². The molecule has 2 aliphatic rings. The second kappa shape index (κ2) is 6.13. The topological polar surface area (TPSA) is 70.2 Å². The number of rotatable bonds is 5. The predicted molar refractivity (Wildman–Crippen MR) is 68.5 cm³/mol. The largest absolute Gasteiger partial charge is 0.317 e. The van der Waals surface area contributed by atoms with Crippen LogP contribution in [0.15, 0.2) is 0 Å². The van der Waals surface area contributed by atoms with Crippen LogP contribution in [0.5, 0.6) is 0 Å². The summed E-state index contributed by atoms with van der Waals surface area (Å²) >= 11 is 0. The van der Waals surface area contributed by atoms with Crippen LogP contribution in [0.25, 0.3) is 0 Å². The van der Waals surface area contributed by atoms with Crippen molar-refractivity contribution >= 4 is 10.0 Å². The molecule has 1 atom stereocenters. The lowest BCUT2D eigenvalue weighted by atomic mass is 10.1. The molecule has 0 aromatic heterocycles. The van der Waals surface area contributed by atoms with Gasteiger partial charge in [-0.05, 0) is 51.7 Å². The van der Waals surface area contributed by atoms with Crippen LogP contribution in [-0.2, 0) is 10.0 Å². The Morgan fingerprint density at radius 2 is 1.88 bits per heavy atom. The Morgan fingerprint density at radius 1 is 1.12 bits per heavy atom. The van der Waals surface area contributed by atoms with E-state index in [0.29, 0.717) is 6.04 Å². The van der Waals surface area contributed by atoms with E-state index in [9.17, 15) is 8.42 Å². The standard InChI is InChI=1S/C11H23N3O2S/c15-17(16,9-5-10-2-1-6-13-10)14-11-3-7-12-8-4-11/h10-14H,1-9H2. The van der Waals surface area contributed by atoms with Gasteiger partial charge in [-0.15, -0.1) is 0 Å². The maximum atomic E-state index is 11.9. The molecule has 2 rings (SSSR count). The lowest BCUT2D eigenvalue weighted by molar-refractivity contribution is 0.426. The Bertz CT molecular complexity index is 320. The van der Waals surface area contributed by atoms with Crippen LogP contribution in [0.1, 0.15) is 32.1 Å². The van der Waals surface area contributed by atoms with Crippen molar-refractivity contribution in [3.63, 3.8) is 0 Å². The van der Waals surface area contributed by atoms with Crippen LogP contribution in [0.3, 0.4) is 0 Å². The van der Waals surface area contributed by atoms with Crippen molar-refractivity contribution in [3.05, 3.63) is 0 Å². The number of hydrogen-bond donors (Lipinski definition) is 3. The van der Waals surface area contributed by atoms with Crippen LogP contribution < -0.4 is 15.4 Å². The van der Waals surface area contributed by atoms with Crippen LogP contribution in [0, 0.1) is 0 Å². The van der Waals surface area contributed by atoms with Crippen molar-refractivity contribution in [1.29, 1.82) is 0 Å². The molecule has 2 fully saturated rings. The zero-order valence-corrected chi connectivity index (χ0v) is 11.1. The molecule has 2 saturated heterocycles. The van der Waals surface area contributed by atoms with Gasteiger partial charge in [0.15, 0.2) is 0 Å². The monoisotopic (exact) mass is 261 g/mol. The molecule has 2 aliphatic heterocycles. The molecule has 0 aromatic rings. The fourth-order valence-corrected chi connectivity index (χ4v) is 4.01.